The highest BCUT2D eigenvalue weighted by Crippen LogP contribution is 2.47. The first-order valence-electron chi connectivity index (χ1n) is 12.2. The highest BCUT2D eigenvalue weighted by atomic mass is 32.2. The number of fused-ring (bicyclic) bond motifs is 4. The molecule has 1 aromatic heterocycles. The maximum Gasteiger partial charge on any atom is 0.195 e. The average Bonchev–Trinajstić information content (AvgIpc) is 3.19. The highest BCUT2D eigenvalue weighted by Gasteiger charge is 2.41. The van der Waals surface area contributed by atoms with Crippen LogP contribution in [0.1, 0.15) is 53.9 Å². The number of anilines is 2. The van der Waals surface area contributed by atoms with Crippen LogP contribution in [-0.4, -0.2) is 70.4 Å². The SMILES string of the molecule is C=S(=O)(Nc1cc2c(cc1OC1CCN(C)CC1)C(C)(C)c1[nH]c3cc(N)ccc3c1C2=O)N(C)C. The third-order valence-electron chi connectivity index (χ3n) is 7.53. The van der Waals surface area contributed by atoms with Gasteiger partial charge in [0.15, 0.2) is 5.78 Å². The van der Waals surface area contributed by atoms with Gasteiger partial charge in [-0.25, -0.2) is 8.51 Å². The van der Waals surface area contributed by atoms with Crippen molar-refractivity contribution < 1.29 is 13.7 Å². The summed E-state index contributed by atoms with van der Waals surface area (Å²) in [6.07, 6.45) is 1.83. The van der Waals surface area contributed by atoms with Gasteiger partial charge < -0.3 is 20.4 Å². The average molecular weight is 510 g/mol. The van der Waals surface area contributed by atoms with Gasteiger partial charge in [-0.2, -0.15) is 0 Å². The number of H-pyrrole nitrogens is 1. The van der Waals surface area contributed by atoms with Gasteiger partial charge in [-0.1, -0.05) is 19.9 Å². The number of nitrogens with two attached hydrogens (primary N) is 1. The molecule has 2 heterocycles. The van der Waals surface area contributed by atoms with E-state index in [9.17, 15) is 9.00 Å². The minimum atomic E-state index is -2.82. The number of nitrogen functional groups attached to an aromatic ring is 1. The fourth-order valence-corrected chi connectivity index (χ4v) is 5.88. The Morgan fingerprint density at radius 1 is 1.22 bits per heavy atom. The van der Waals surface area contributed by atoms with E-state index in [0.717, 1.165) is 48.1 Å². The molecule has 2 aromatic carbocycles. The normalized spacial score (nSPS) is 19.7. The lowest BCUT2D eigenvalue weighted by atomic mass is 9.71. The molecule has 0 radical (unpaired) electrons. The van der Waals surface area contributed by atoms with Gasteiger partial charge in [-0.3, -0.25) is 9.52 Å². The van der Waals surface area contributed by atoms with E-state index in [-0.39, 0.29) is 11.9 Å². The molecule has 0 spiro atoms. The summed E-state index contributed by atoms with van der Waals surface area (Å²) in [7, 11) is 2.70. The molecular weight excluding hydrogens is 474 g/mol. The summed E-state index contributed by atoms with van der Waals surface area (Å²) in [5.41, 5.74) is 10.5. The zero-order chi connectivity index (χ0) is 26.0. The number of rotatable bonds is 5. The minimum Gasteiger partial charge on any atom is -0.488 e. The van der Waals surface area contributed by atoms with Gasteiger partial charge in [0.2, 0.25) is 0 Å². The van der Waals surface area contributed by atoms with E-state index in [1.54, 1.807) is 24.5 Å². The van der Waals surface area contributed by atoms with Gasteiger partial charge in [0.25, 0.3) is 0 Å². The van der Waals surface area contributed by atoms with Crippen molar-refractivity contribution in [2.24, 2.45) is 0 Å². The number of nitrogens with one attached hydrogen (secondary N) is 2. The number of nitrogens with zero attached hydrogens (tertiary/aromatic N) is 2. The number of benzene rings is 2. The molecule has 9 heteroatoms. The van der Waals surface area contributed by atoms with Crippen molar-refractivity contribution in [3.63, 3.8) is 0 Å². The third kappa shape index (κ3) is 4.05. The van der Waals surface area contributed by atoms with Gasteiger partial charge in [0.05, 0.1) is 11.3 Å². The van der Waals surface area contributed by atoms with Crippen LogP contribution in [0.4, 0.5) is 11.4 Å². The van der Waals surface area contributed by atoms with Crippen molar-refractivity contribution in [2.45, 2.75) is 38.2 Å². The maximum atomic E-state index is 13.9. The Balaban J connectivity index is 1.66. The Hall–Kier alpha value is -3.01. The molecule has 0 amide bonds. The quantitative estimate of drug-likeness (QED) is 0.360. The van der Waals surface area contributed by atoms with Gasteiger partial charge >= 0.3 is 0 Å². The van der Waals surface area contributed by atoms with E-state index in [1.807, 2.05) is 24.3 Å². The van der Waals surface area contributed by atoms with Crippen LogP contribution in [0.15, 0.2) is 30.3 Å². The van der Waals surface area contributed by atoms with Gasteiger partial charge in [0.1, 0.15) is 21.7 Å². The largest absolute Gasteiger partial charge is 0.488 e. The van der Waals surface area contributed by atoms with Crippen LogP contribution < -0.4 is 15.2 Å². The fraction of sp³-hybridized carbons (Fsp3) is 0.407. The number of ether oxygens (including phenoxy) is 1. The zero-order valence-electron chi connectivity index (χ0n) is 21.6. The maximum absolute atomic E-state index is 13.9. The number of hydrogen-bond donors (Lipinski definition) is 3. The van der Waals surface area contributed by atoms with Crippen molar-refractivity contribution in [3.8, 4) is 5.75 Å². The standard InChI is InChI=1S/C27H35N5O3S/c1-27(2)20-15-23(35-17-9-11-32(5)12-10-17)22(30-36(6,34)31(3)4)14-19(20)25(33)24-18-8-7-16(28)13-21(18)29-26(24)27/h7-8,13-15,17,29H,6,9-12,28H2,1-5H3,(H,30,34). The number of ketones is 1. The molecule has 1 aliphatic heterocycles. The number of hydrogen-bond acceptors (Lipinski definition) is 5. The van der Waals surface area contributed by atoms with E-state index < -0.39 is 15.3 Å². The first-order chi connectivity index (χ1) is 16.9. The smallest absolute Gasteiger partial charge is 0.195 e. The summed E-state index contributed by atoms with van der Waals surface area (Å²) >= 11 is 0. The monoisotopic (exact) mass is 509 g/mol. The summed E-state index contributed by atoms with van der Waals surface area (Å²) in [5, 5.41) is 0.846. The molecule has 1 saturated heterocycles. The first-order valence-corrected chi connectivity index (χ1v) is 13.9. The molecule has 1 fully saturated rings. The zero-order valence-corrected chi connectivity index (χ0v) is 22.4. The Morgan fingerprint density at radius 3 is 2.58 bits per heavy atom. The van der Waals surface area contributed by atoms with Crippen molar-refractivity contribution in [3.05, 3.63) is 52.7 Å². The van der Waals surface area contributed by atoms with E-state index in [1.165, 1.54) is 0 Å². The lowest BCUT2D eigenvalue weighted by molar-refractivity contribution is 0.103. The van der Waals surface area contributed by atoms with Crippen LogP contribution in [0, 0.1) is 0 Å². The predicted octanol–water partition coefficient (Wildman–Crippen LogP) is 3.61. The van der Waals surface area contributed by atoms with Crippen LogP contribution in [0.3, 0.4) is 0 Å². The third-order valence-corrected chi connectivity index (χ3v) is 9.25. The molecule has 1 atom stereocenters. The Morgan fingerprint density at radius 2 is 1.92 bits per heavy atom. The molecule has 5 rings (SSSR count). The molecule has 0 saturated carbocycles. The number of carbonyl (C=O) groups excluding carboxylic acids is 1. The minimum absolute atomic E-state index is 0.0361. The van der Waals surface area contributed by atoms with Crippen molar-refractivity contribution in [1.29, 1.82) is 0 Å². The van der Waals surface area contributed by atoms with Crippen LogP contribution in [-0.2, 0) is 15.3 Å². The summed E-state index contributed by atoms with van der Waals surface area (Å²) in [6.45, 7) is 6.11. The molecule has 1 aliphatic carbocycles. The van der Waals surface area contributed by atoms with Gasteiger partial charge in [-0.05, 0) is 55.6 Å². The number of piperidine rings is 1. The molecule has 4 N–H and O–H groups in total. The number of likely N-dealkylation sites (tertiary alicyclic amines) is 1. The summed E-state index contributed by atoms with van der Waals surface area (Å²) in [6, 6.07) is 9.30. The number of aromatic nitrogens is 1. The number of aromatic amines is 1. The predicted molar refractivity (Wildman–Crippen MR) is 148 cm³/mol. The van der Waals surface area contributed by atoms with Gasteiger partial charge in [0, 0.05) is 60.4 Å². The molecule has 192 valence electrons. The van der Waals surface area contributed by atoms with Crippen LogP contribution in [0.25, 0.3) is 10.9 Å². The van der Waals surface area contributed by atoms with E-state index in [2.05, 4.69) is 41.4 Å². The molecule has 8 nitrogen and oxygen atoms in total. The second kappa shape index (κ2) is 8.54. The lowest BCUT2D eigenvalue weighted by Gasteiger charge is -2.35. The topological polar surface area (TPSA) is 104 Å². The Labute approximate surface area is 213 Å². The van der Waals surface area contributed by atoms with Crippen molar-refractivity contribution >= 4 is 43.8 Å². The second-order valence-electron chi connectivity index (χ2n) is 10.7. The molecule has 36 heavy (non-hydrogen) atoms. The van der Waals surface area contributed by atoms with Crippen LogP contribution >= 0.6 is 0 Å². The molecule has 3 aromatic rings. The van der Waals surface area contributed by atoms with E-state index >= 15 is 0 Å². The molecule has 1 unspecified atom stereocenters. The highest BCUT2D eigenvalue weighted by molar-refractivity contribution is 7.99. The second-order valence-corrected chi connectivity index (χ2v) is 12.9. The Bertz CT molecular complexity index is 1460. The van der Waals surface area contributed by atoms with E-state index in [0.29, 0.717) is 28.3 Å². The lowest BCUT2D eigenvalue weighted by Crippen LogP contribution is -2.36. The van der Waals surface area contributed by atoms with Crippen molar-refractivity contribution in [2.75, 3.05) is 44.7 Å². The van der Waals surface area contributed by atoms with Crippen molar-refractivity contribution in [1.82, 2.24) is 14.2 Å². The van der Waals surface area contributed by atoms with E-state index in [4.69, 9.17) is 10.5 Å². The molecular formula is C27H35N5O3S. The number of carbonyl (C=O) groups is 1. The summed E-state index contributed by atoms with van der Waals surface area (Å²) < 4.78 is 24.4. The fourth-order valence-electron chi connectivity index (χ4n) is 5.20. The molecule has 0 bridgehead atoms. The Kier molecular flexibility index (Phi) is 5.85. The summed E-state index contributed by atoms with van der Waals surface area (Å²) in [5.74, 6) is 4.39. The summed E-state index contributed by atoms with van der Waals surface area (Å²) in [4.78, 5) is 19.7. The molecule has 2 aliphatic rings. The first kappa shape index (κ1) is 24.7. The van der Waals surface area contributed by atoms with Crippen LogP contribution in [0.2, 0.25) is 0 Å². The van der Waals surface area contributed by atoms with Crippen LogP contribution in [0.5, 0.6) is 5.75 Å². The van der Waals surface area contributed by atoms with Gasteiger partial charge in [-0.15, -0.1) is 0 Å².